The van der Waals surface area contributed by atoms with Gasteiger partial charge in [-0.15, -0.1) is 0 Å². The highest BCUT2D eigenvalue weighted by molar-refractivity contribution is 5.87. The molecule has 5 heteroatoms. The number of carbonyl (C=O) groups excluding carboxylic acids is 1. The van der Waals surface area contributed by atoms with Crippen LogP contribution in [0.2, 0.25) is 0 Å². The van der Waals surface area contributed by atoms with Gasteiger partial charge in [-0.05, 0) is 17.7 Å². The zero-order chi connectivity index (χ0) is 13.1. The van der Waals surface area contributed by atoms with Gasteiger partial charge in [-0.1, -0.05) is 18.2 Å². The Kier molecular flexibility index (Phi) is 3.18. The molecule has 98 valence electrons. The standard InChI is InChI=1S/C14H16N4O/c19-14(15-7-9-18-8-3-6-16-18)13-10-11-4-1-2-5-12(11)17-13/h1-6,8,13,17H,7,9-10H2,(H,15,19)/t13-/m0/s1. The van der Waals surface area contributed by atoms with Crippen molar-refractivity contribution in [2.24, 2.45) is 0 Å². The number of rotatable bonds is 4. The van der Waals surface area contributed by atoms with Gasteiger partial charge < -0.3 is 10.6 Å². The van der Waals surface area contributed by atoms with Crippen molar-refractivity contribution in [3.05, 3.63) is 48.3 Å². The van der Waals surface area contributed by atoms with Crippen molar-refractivity contribution in [3.63, 3.8) is 0 Å². The van der Waals surface area contributed by atoms with E-state index in [4.69, 9.17) is 0 Å². The summed E-state index contributed by atoms with van der Waals surface area (Å²) in [6.07, 6.45) is 4.37. The third-order valence-electron chi connectivity index (χ3n) is 3.29. The lowest BCUT2D eigenvalue weighted by Gasteiger charge is -2.11. The molecule has 0 radical (unpaired) electrons. The average Bonchev–Trinajstić information content (AvgIpc) is 3.07. The average molecular weight is 256 g/mol. The molecule has 0 fully saturated rings. The van der Waals surface area contributed by atoms with Gasteiger partial charge in [-0.2, -0.15) is 5.10 Å². The van der Waals surface area contributed by atoms with Gasteiger partial charge in [0.2, 0.25) is 5.91 Å². The Morgan fingerprint density at radius 3 is 3.11 bits per heavy atom. The van der Waals surface area contributed by atoms with E-state index >= 15 is 0 Å². The van der Waals surface area contributed by atoms with Gasteiger partial charge in [-0.25, -0.2) is 0 Å². The Hall–Kier alpha value is -2.30. The highest BCUT2D eigenvalue weighted by Crippen LogP contribution is 2.24. The first kappa shape index (κ1) is 11.8. The fourth-order valence-corrected chi connectivity index (χ4v) is 2.31. The van der Waals surface area contributed by atoms with E-state index < -0.39 is 0 Å². The highest BCUT2D eigenvalue weighted by atomic mass is 16.2. The maximum absolute atomic E-state index is 12.0. The Morgan fingerprint density at radius 1 is 1.42 bits per heavy atom. The van der Waals surface area contributed by atoms with E-state index in [0.29, 0.717) is 13.1 Å². The second-order valence-electron chi connectivity index (χ2n) is 4.62. The van der Waals surface area contributed by atoms with Crippen molar-refractivity contribution in [1.82, 2.24) is 15.1 Å². The summed E-state index contributed by atoms with van der Waals surface area (Å²) >= 11 is 0. The molecule has 19 heavy (non-hydrogen) atoms. The van der Waals surface area contributed by atoms with E-state index in [1.807, 2.05) is 30.5 Å². The number of hydrogen-bond donors (Lipinski definition) is 2. The molecule has 0 unspecified atom stereocenters. The van der Waals surface area contributed by atoms with Crippen LogP contribution in [0.25, 0.3) is 0 Å². The second kappa shape index (κ2) is 5.14. The Bertz CT molecular complexity index is 540. The molecule has 1 aromatic heterocycles. The molecule has 3 rings (SSSR count). The second-order valence-corrected chi connectivity index (χ2v) is 4.62. The SMILES string of the molecule is O=C(NCCn1cccn1)[C@@H]1Cc2ccccc2N1. The molecule has 0 saturated heterocycles. The maximum Gasteiger partial charge on any atom is 0.242 e. The zero-order valence-electron chi connectivity index (χ0n) is 10.5. The number of fused-ring (bicyclic) bond motifs is 1. The predicted octanol–water partition coefficient (Wildman–Crippen LogP) is 1.04. The molecule has 2 N–H and O–H groups in total. The van der Waals surface area contributed by atoms with Crippen LogP contribution in [0.1, 0.15) is 5.56 Å². The molecule has 1 amide bonds. The largest absolute Gasteiger partial charge is 0.373 e. The molecular weight excluding hydrogens is 240 g/mol. The summed E-state index contributed by atoms with van der Waals surface area (Å²) < 4.78 is 1.80. The van der Waals surface area contributed by atoms with Crippen LogP contribution in [-0.2, 0) is 17.8 Å². The first-order chi connectivity index (χ1) is 9.33. The first-order valence-electron chi connectivity index (χ1n) is 6.42. The van der Waals surface area contributed by atoms with Crippen molar-refractivity contribution in [1.29, 1.82) is 0 Å². The quantitative estimate of drug-likeness (QED) is 0.859. The van der Waals surface area contributed by atoms with Gasteiger partial charge in [0.05, 0.1) is 6.54 Å². The normalized spacial score (nSPS) is 16.7. The predicted molar refractivity (Wildman–Crippen MR) is 72.8 cm³/mol. The lowest BCUT2D eigenvalue weighted by molar-refractivity contribution is -0.121. The van der Waals surface area contributed by atoms with Crippen molar-refractivity contribution in [2.45, 2.75) is 19.0 Å². The number of anilines is 1. The van der Waals surface area contributed by atoms with Crippen LogP contribution in [-0.4, -0.2) is 28.3 Å². The van der Waals surface area contributed by atoms with E-state index in [1.54, 1.807) is 10.9 Å². The number of aromatic nitrogens is 2. The number of para-hydroxylation sites is 1. The van der Waals surface area contributed by atoms with Crippen LogP contribution < -0.4 is 10.6 Å². The third kappa shape index (κ3) is 2.59. The number of benzene rings is 1. The van der Waals surface area contributed by atoms with Gasteiger partial charge in [0.25, 0.3) is 0 Å². The molecule has 0 bridgehead atoms. The molecule has 0 spiro atoms. The van der Waals surface area contributed by atoms with Gasteiger partial charge in [-0.3, -0.25) is 9.48 Å². The molecule has 1 aromatic carbocycles. The van der Waals surface area contributed by atoms with Crippen LogP contribution in [0, 0.1) is 0 Å². The molecule has 1 aliphatic rings. The molecule has 1 atom stereocenters. The Balaban J connectivity index is 1.50. The summed E-state index contributed by atoms with van der Waals surface area (Å²) in [5.41, 5.74) is 2.27. The van der Waals surface area contributed by atoms with Gasteiger partial charge in [0, 0.05) is 31.0 Å². The number of amides is 1. The lowest BCUT2D eigenvalue weighted by atomic mass is 10.1. The van der Waals surface area contributed by atoms with Crippen molar-refractivity contribution in [2.75, 3.05) is 11.9 Å². The van der Waals surface area contributed by atoms with Gasteiger partial charge >= 0.3 is 0 Å². The molecule has 0 aliphatic carbocycles. The maximum atomic E-state index is 12.0. The van der Waals surface area contributed by atoms with E-state index in [1.165, 1.54) is 5.56 Å². The summed E-state index contributed by atoms with van der Waals surface area (Å²) in [4.78, 5) is 12.0. The Labute approximate surface area is 111 Å². The van der Waals surface area contributed by atoms with Crippen LogP contribution in [0.4, 0.5) is 5.69 Å². The Morgan fingerprint density at radius 2 is 2.32 bits per heavy atom. The van der Waals surface area contributed by atoms with Crippen molar-refractivity contribution < 1.29 is 4.79 Å². The van der Waals surface area contributed by atoms with Crippen LogP contribution in [0.5, 0.6) is 0 Å². The number of nitrogens with zero attached hydrogens (tertiary/aromatic N) is 2. The van der Waals surface area contributed by atoms with Crippen molar-refractivity contribution >= 4 is 11.6 Å². The molecule has 2 heterocycles. The zero-order valence-corrected chi connectivity index (χ0v) is 10.5. The van der Waals surface area contributed by atoms with E-state index in [9.17, 15) is 4.79 Å². The van der Waals surface area contributed by atoms with Crippen molar-refractivity contribution in [3.8, 4) is 0 Å². The number of nitrogens with one attached hydrogen (secondary N) is 2. The van der Waals surface area contributed by atoms with Crippen LogP contribution >= 0.6 is 0 Å². The summed E-state index contributed by atoms with van der Waals surface area (Å²) in [7, 11) is 0. The fraction of sp³-hybridized carbons (Fsp3) is 0.286. The molecule has 1 aliphatic heterocycles. The summed E-state index contributed by atoms with van der Waals surface area (Å²) in [5.74, 6) is 0.0448. The fourth-order valence-electron chi connectivity index (χ4n) is 2.31. The minimum Gasteiger partial charge on any atom is -0.373 e. The van der Waals surface area contributed by atoms with E-state index in [2.05, 4.69) is 21.8 Å². The molecular formula is C14H16N4O. The van der Waals surface area contributed by atoms with E-state index in [-0.39, 0.29) is 11.9 Å². The minimum atomic E-state index is -0.157. The van der Waals surface area contributed by atoms with E-state index in [0.717, 1.165) is 12.1 Å². The van der Waals surface area contributed by atoms with Gasteiger partial charge in [0.15, 0.2) is 0 Å². The molecule has 5 nitrogen and oxygen atoms in total. The molecule has 2 aromatic rings. The summed E-state index contributed by atoms with van der Waals surface area (Å²) in [6.45, 7) is 1.29. The minimum absolute atomic E-state index is 0.0448. The highest BCUT2D eigenvalue weighted by Gasteiger charge is 2.25. The van der Waals surface area contributed by atoms with Crippen LogP contribution in [0.15, 0.2) is 42.7 Å². The summed E-state index contributed by atoms with van der Waals surface area (Å²) in [6, 6.07) is 9.75. The topological polar surface area (TPSA) is 59.0 Å². The summed E-state index contributed by atoms with van der Waals surface area (Å²) in [5, 5.41) is 10.3. The first-order valence-corrected chi connectivity index (χ1v) is 6.42. The number of hydrogen-bond acceptors (Lipinski definition) is 3. The van der Waals surface area contributed by atoms with Crippen LogP contribution in [0.3, 0.4) is 0 Å². The smallest absolute Gasteiger partial charge is 0.242 e. The lowest BCUT2D eigenvalue weighted by Crippen LogP contribution is -2.39. The van der Waals surface area contributed by atoms with Gasteiger partial charge in [0.1, 0.15) is 6.04 Å². The number of carbonyl (C=O) groups is 1. The molecule has 0 saturated carbocycles. The monoisotopic (exact) mass is 256 g/mol. The third-order valence-corrected chi connectivity index (χ3v) is 3.29.